The number of aromatic hydroxyl groups is 1. The third kappa shape index (κ3) is 3.65. The Morgan fingerprint density at radius 2 is 2.25 bits per heavy atom. The molecule has 2 atom stereocenters. The van der Waals surface area contributed by atoms with Gasteiger partial charge in [0.25, 0.3) is 0 Å². The van der Waals surface area contributed by atoms with Crippen molar-refractivity contribution in [2.45, 2.75) is 57.6 Å². The highest BCUT2D eigenvalue weighted by Gasteiger charge is 2.24. The topological polar surface area (TPSA) is 65.4 Å². The molecule has 5 heteroatoms. The van der Waals surface area contributed by atoms with Crippen molar-refractivity contribution in [3.63, 3.8) is 0 Å². The van der Waals surface area contributed by atoms with Crippen molar-refractivity contribution in [2.24, 2.45) is 0 Å². The number of pyridine rings is 1. The number of hydrogen-bond donors (Lipinski definition) is 3. The fourth-order valence-corrected chi connectivity index (χ4v) is 3.92. The average Bonchev–Trinajstić information content (AvgIpc) is 2.88. The Bertz CT molecular complexity index is 454. The highest BCUT2D eigenvalue weighted by molar-refractivity contribution is 7.99. The van der Waals surface area contributed by atoms with Gasteiger partial charge in [0.05, 0.1) is 12.3 Å². The van der Waals surface area contributed by atoms with E-state index in [9.17, 15) is 10.2 Å². The third-order valence-electron chi connectivity index (χ3n) is 3.95. The zero-order valence-electron chi connectivity index (χ0n) is 12.2. The van der Waals surface area contributed by atoms with Gasteiger partial charge in [-0.25, -0.2) is 0 Å². The first-order chi connectivity index (χ1) is 9.65. The molecule has 1 aromatic rings. The minimum absolute atomic E-state index is 0.0865. The molecule has 0 radical (unpaired) electrons. The van der Waals surface area contributed by atoms with Gasteiger partial charge in [0.15, 0.2) is 0 Å². The van der Waals surface area contributed by atoms with Crippen LogP contribution in [-0.2, 0) is 13.2 Å². The van der Waals surface area contributed by atoms with Crippen molar-refractivity contribution in [3.05, 3.63) is 23.0 Å². The van der Waals surface area contributed by atoms with Gasteiger partial charge in [-0.15, -0.1) is 0 Å². The van der Waals surface area contributed by atoms with Crippen molar-refractivity contribution in [3.8, 4) is 5.75 Å². The van der Waals surface area contributed by atoms with Crippen molar-refractivity contribution >= 4 is 11.8 Å². The first-order valence-corrected chi connectivity index (χ1v) is 8.32. The van der Waals surface area contributed by atoms with Crippen molar-refractivity contribution < 1.29 is 10.2 Å². The lowest BCUT2D eigenvalue weighted by Crippen LogP contribution is -2.27. The number of thioether (sulfide) groups is 1. The van der Waals surface area contributed by atoms with E-state index in [4.69, 9.17) is 0 Å². The van der Waals surface area contributed by atoms with Crippen molar-refractivity contribution in [2.75, 3.05) is 5.75 Å². The molecule has 1 aliphatic carbocycles. The minimum atomic E-state index is -0.0865. The molecule has 0 aliphatic heterocycles. The molecule has 2 unspecified atom stereocenters. The molecule has 4 nitrogen and oxygen atoms in total. The molecular weight excluding hydrogens is 272 g/mol. The quantitative estimate of drug-likeness (QED) is 0.752. The molecule has 0 spiro atoms. The molecule has 0 aromatic carbocycles. The summed E-state index contributed by atoms with van der Waals surface area (Å²) in [5.74, 6) is 1.39. The van der Waals surface area contributed by atoms with Gasteiger partial charge >= 0.3 is 0 Å². The summed E-state index contributed by atoms with van der Waals surface area (Å²) in [6, 6.07) is 0.512. The summed E-state index contributed by atoms with van der Waals surface area (Å²) in [7, 11) is 0. The second-order valence-electron chi connectivity index (χ2n) is 5.32. The summed E-state index contributed by atoms with van der Waals surface area (Å²) < 4.78 is 0. The molecule has 2 rings (SSSR count). The molecule has 0 saturated heterocycles. The van der Waals surface area contributed by atoms with Crippen molar-refractivity contribution in [1.29, 1.82) is 0 Å². The van der Waals surface area contributed by atoms with Gasteiger partial charge in [-0.1, -0.05) is 6.92 Å². The Morgan fingerprint density at radius 1 is 1.45 bits per heavy atom. The summed E-state index contributed by atoms with van der Waals surface area (Å²) in [5.41, 5.74) is 2.11. The summed E-state index contributed by atoms with van der Waals surface area (Å²) >= 11 is 2.04. The number of nitrogens with zero attached hydrogens (tertiary/aromatic N) is 1. The van der Waals surface area contributed by atoms with E-state index in [-0.39, 0.29) is 12.4 Å². The van der Waals surface area contributed by atoms with Crippen LogP contribution < -0.4 is 5.32 Å². The number of aromatic nitrogens is 1. The lowest BCUT2D eigenvalue weighted by Gasteiger charge is -2.16. The zero-order valence-corrected chi connectivity index (χ0v) is 13.0. The Morgan fingerprint density at radius 3 is 2.95 bits per heavy atom. The lowest BCUT2D eigenvalue weighted by atomic mass is 10.1. The Labute approximate surface area is 125 Å². The monoisotopic (exact) mass is 296 g/mol. The normalized spacial score (nSPS) is 22.4. The molecule has 20 heavy (non-hydrogen) atoms. The van der Waals surface area contributed by atoms with Gasteiger partial charge < -0.3 is 15.5 Å². The highest BCUT2D eigenvalue weighted by Crippen LogP contribution is 2.30. The van der Waals surface area contributed by atoms with Crippen LogP contribution in [0.1, 0.15) is 43.0 Å². The Kier molecular flexibility index (Phi) is 5.69. The molecule has 1 heterocycles. The van der Waals surface area contributed by atoms with Crippen LogP contribution in [-0.4, -0.2) is 32.2 Å². The smallest absolute Gasteiger partial charge is 0.141 e. The Balaban J connectivity index is 1.96. The Hall–Kier alpha value is -0.780. The predicted octanol–water partition coefficient (Wildman–Crippen LogP) is 2.35. The standard InChI is InChI=1S/C15H24N2O2S/c1-3-20-13-5-4-12(6-13)17-8-14-11(9-18)7-16-10(2)15(14)19/h7,12-13,17-19H,3-6,8-9H2,1-2H3. The first kappa shape index (κ1) is 15.6. The van der Waals surface area contributed by atoms with Gasteiger partial charge in [-0.2, -0.15) is 11.8 Å². The van der Waals surface area contributed by atoms with Crippen LogP contribution in [0.3, 0.4) is 0 Å². The second kappa shape index (κ2) is 7.29. The second-order valence-corrected chi connectivity index (χ2v) is 6.90. The van der Waals surface area contributed by atoms with E-state index < -0.39 is 0 Å². The first-order valence-electron chi connectivity index (χ1n) is 7.27. The number of nitrogens with one attached hydrogen (secondary N) is 1. The molecule has 1 aromatic heterocycles. The molecule has 1 fully saturated rings. The van der Waals surface area contributed by atoms with Gasteiger partial charge in [-0.05, 0) is 31.9 Å². The minimum Gasteiger partial charge on any atom is -0.506 e. The van der Waals surface area contributed by atoms with Crippen LogP contribution in [0.4, 0.5) is 0 Å². The van der Waals surface area contributed by atoms with Gasteiger partial charge in [0, 0.05) is 35.2 Å². The molecule has 1 saturated carbocycles. The highest BCUT2D eigenvalue weighted by atomic mass is 32.2. The third-order valence-corrected chi connectivity index (χ3v) is 5.19. The van der Waals surface area contributed by atoms with Crippen LogP contribution in [0.2, 0.25) is 0 Å². The van der Waals surface area contributed by atoms with Crippen LogP contribution >= 0.6 is 11.8 Å². The van der Waals surface area contributed by atoms with E-state index in [0.717, 1.165) is 10.8 Å². The number of aryl methyl sites for hydroxylation is 1. The SMILES string of the molecule is CCSC1CCC(NCc2c(CO)cnc(C)c2O)C1. The van der Waals surface area contributed by atoms with E-state index >= 15 is 0 Å². The van der Waals surface area contributed by atoms with Crippen LogP contribution in [0.15, 0.2) is 6.20 Å². The van der Waals surface area contributed by atoms with Crippen molar-refractivity contribution in [1.82, 2.24) is 10.3 Å². The lowest BCUT2D eigenvalue weighted by molar-refractivity contribution is 0.278. The molecule has 1 aliphatic rings. The fourth-order valence-electron chi connectivity index (χ4n) is 2.78. The summed E-state index contributed by atoms with van der Waals surface area (Å²) in [5, 5.41) is 23.7. The maximum atomic E-state index is 10.1. The maximum Gasteiger partial charge on any atom is 0.141 e. The van der Waals surface area contributed by atoms with E-state index in [0.29, 0.717) is 23.8 Å². The molecular formula is C15H24N2O2S. The van der Waals surface area contributed by atoms with E-state index in [1.807, 2.05) is 11.8 Å². The fraction of sp³-hybridized carbons (Fsp3) is 0.667. The summed E-state index contributed by atoms with van der Waals surface area (Å²) in [6.45, 7) is 4.50. The van der Waals surface area contributed by atoms with Crippen LogP contribution in [0.25, 0.3) is 0 Å². The molecule has 112 valence electrons. The molecule has 0 bridgehead atoms. The average molecular weight is 296 g/mol. The van der Waals surface area contributed by atoms with E-state index in [2.05, 4.69) is 17.2 Å². The van der Waals surface area contributed by atoms with E-state index in [1.54, 1.807) is 13.1 Å². The number of aliphatic hydroxyl groups is 1. The maximum absolute atomic E-state index is 10.1. The molecule has 0 amide bonds. The summed E-state index contributed by atoms with van der Waals surface area (Å²) in [6.07, 6.45) is 5.30. The largest absolute Gasteiger partial charge is 0.506 e. The van der Waals surface area contributed by atoms with Gasteiger partial charge in [-0.3, -0.25) is 4.98 Å². The van der Waals surface area contributed by atoms with Gasteiger partial charge in [0.1, 0.15) is 5.75 Å². The number of hydrogen-bond acceptors (Lipinski definition) is 5. The van der Waals surface area contributed by atoms with Crippen LogP contribution in [0, 0.1) is 6.92 Å². The van der Waals surface area contributed by atoms with Gasteiger partial charge in [0.2, 0.25) is 0 Å². The molecule has 3 N–H and O–H groups in total. The predicted molar refractivity (Wildman–Crippen MR) is 83.0 cm³/mol. The number of rotatable bonds is 6. The van der Waals surface area contributed by atoms with E-state index in [1.165, 1.54) is 25.0 Å². The van der Waals surface area contributed by atoms with Crippen LogP contribution in [0.5, 0.6) is 5.75 Å². The summed E-state index contributed by atoms with van der Waals surface area (Å²) in [4.78, 5) is 4.09. The number of aliphatic hydroxyl groups excluding tert-OH is 1. The zero-order chi connectivity index (χ0) is 14.5.